The third-order valence-electron chi connectivity index (χ3n) is 5.05. The Morgan fingerprint density at radius 3 is 2.65 bits per heavy atom. The molecule has 37 heavy (non-hydrogen) atoms. The number of nitrogens with one attached hydrogen (secondary N) is 1. The molecule has 0 unspecified atom stereocenters. The van der Waals surface area contributed by atoms with E-state index in [0.717, 1.165) is 29.0 Å². The fourth-order valence-corrected chi connectivity index (χ4v) is 3.46. The van der Waals surface area contributed by atoms with E-state index in [-0.39, 0.29) is 28.7 Å². The van der Waals surface area contributed by atoms with Gasteiger partial charge in [-0.2, -0.15) is 28.5 Å². The van der Waals surface area contributed by atoms with E-state index in [2.05, 4.69) is 20.4 Å². The Labute approximate surface area is 207 Å². The minimum atomic E-state index is -4.69. The number of carboxylic acids is 1. The van der Waals surface area contributed by atoms with Gasteiger partial charge in [0.15, 0.2) is 11.5 Å². The van der Waals surface area contributed by atoms with Crippen molar-refractivity contribution in [1.82, 2.24) is 19.7 Å². The number of aryl methyl sites for hydroxylation is 1. The van der Waals surface area contributed by atoms with Gasteiger partial charge < -0.3 is 10.4 Å². The number of halogens is 4. The lowest BCUT2D eigenvalue weighted by molar-refractivity contribution is -0.141. The van der Waals surface area contributed by atoms with E-state index in [1.165, 1.54) is 25.3 Å². The predicted molar refractivity (Wildman–Crippen MR) is 125 cm³/mol. The number of hydrogen-bond acceptors (Lipinski definition) is 6. The van der Waals surface area contributed by atoms with Crippen LogP contribution in [0.4, 0.5) is 29.2 Å². The smallest absolute Gasteiger partial charge is 0.435 e. The van der Waals surface area contributed by atoms with Gasteiger partial charge in [0, 0.05) is 29.2 Å². The third kappa shape index (κ3) is 5.79. The Kier molecular flexibility index (Phi) is 6.71. The van der Waals surface area contributed by atoms with Crippen molar-refractivity contribution in [3.05, 3.63) is 89.1 Å². The number of alkyl halides is 3. The van der Waals surface area contributed by atoms with Gasteiger partial charge in [-0.3, -0.25) is 0 Å². The predicted octanol–water partition coefficient (Wildman–Crippen LogP) is 5.51. The van der Waals surface area contributed by atoms with Crippen molar-refractivity contribution in [3.63, 3.8) is 0 Å². The number of anilines is 2. The Morgan fingerprint density at radius 2 is 1.97 bits per heavy atom. The number of nitriles is 1. The van der Waals surface area contributed by atoms with Gasteiger partial charge in [-0.25, -0.2) is 18.9 Å². The highest BCUT2D eigenvalue weighted by atomic mass is 19.4. The number of nitrogens with zero attached hydrogens (tertiary/aromatic N) is 5. The Balaban J connectivity index is 1.86. The fraction of sp³-hybridized carbons (Fsp3) is 0.0800. The van der Waals surface area contributed by atoms with Crippen LogP contribution >= 0.6 is 0 Å². The molecule has 2 N–H and O–H groups in total. The van der Waals surface area contributed by atoms with Crippen LogP contribution in [0.5, 0.6) is 0 Å². The second-order valence-corrected chi connectivity index (χ2v) is 7.77. The molecule has 0 saturated heterocycles. The van der Waals surface area contributed by atoms with Crippen molar-refractivity contribution in [2.45, 2.75) is 13.1 Å². The molecule has 8 nitrogen and oxygen atoms in total. The van der Waals surface area contributed by atoms with Crippen LogP contribution in [0.15, 0.2) is 60.8 Å². The highest BCUT2D eigenvalue weighted by molar-refractivity contribution is 5.86. The fourth-order valence-electron chi connectivity index (χ4n) is 3.46. The maximum Gasteiger partial charge on any atom is 0.435 e. The van der Waals surface area contributed by atoms with Gasteiger partial charge in [0.2, 0.25) is 5.95 Å². The highest BCUT2D eigenvalue weighted by Gasteiger charge is 2.35. The van der Waals surface area contributed by atoms with Crippen LogP contribution < -0.4 is 5.32 Å². The molecule has 0 bridgehead atoms. The monoisotopic (exact) mass is 508 g/mol. The van der Waals surface area contributed by atoms with Gasteiger partial charge in [0.05, 0.1) is 11.6 Å². The maximum atomic E-state index is 13.9. The molecule has 0 fully saturated rings. The number of carbonyl (C=O) groups is 1. The largest absolute Gasteiger partial charge is 0.478 e. The van der Waals surface area contributed by atoms with E-state index in [9.17, 15) is 22.4 Å². The number of aromatic nitrogens is 4. The molecule has 0 saturated carbocycles. The molecule has 0 aliphatic heterocycles. The molecular weight excluding hydrogens is 492 g/mol. The van der Waals surface area contributed by atoms with Crippen LogP contribution in [-0.4, -0.2) is 30.8 Å². The van der Waals surface area contributed by atoms with Crippen molar-refractivity contribution in [2.24, 2.45) is 0 Å². The first-order valence-electron chi connectivity index (χ1n) is 10.5. The minimum absolute atomic E-state index is 0.0122. The summed E-state index contributed by atoms with van der Waals surface area (Å²) in [6.07, 6.45) is -1.03. The normalized spacial score (nSPS) is 11.5. The summed E-state index contributed by atoms with van der Waals surface area (Å²) in [5, 5.41) is 24.4. The minimum Gasteiger partial charge on any atom is -0.478 e. The average molecular weight is 508 g/mol. The molecule has 186 valence electrons. The van der Waals surface area contributed by atoms with Crippen LogP contribution in [0.3, 0.4) is 0 Å². The van der Waals surface area contributed by atoms with Gasteiger partial charge >= 0.3 is 12.1 Å². The van der Waals surface area contributed by atoms with E-state index in [0.29, 0.717) is 16.7 Å². The van der Waals surface area contributed by atoms with E-state index in [4.69, 9.17) is 10.4 Å². The molecule has 0 radical (unpaired) electrons. The van der Waals surface area contributed by atoms with Crippen molar-refractivity contribution in [2.75, 3.05) is 5.32 Å². The van der Waals surface area contributed by atoms with Gasteiger partial charge in [-0.15, -0.1) is 0 Å². The first kappa shape index (κ1) is 25.1. The SMILES string of the molecule is Cc1cc(C(F)(F)F)nn1-c1nc(Nc2cc(F)cc(C#N)c2)ncc1-c1cccc(/C=C/C(=O)O)c1. The van der Waals surface area contributed by atoms with Crippen molar-refractivity contribution < 1.29 is 27.5 Å². The summed E-state index contributed by atoms with van der Waals surface area (Å²) in [6, 6.07) is 12.8. The van der Waals surface area contributed by atoms with Gasteiger partial charge in [0.25, 0.3) is 0 Å². The molecule has 2 aromatic carbocycles. The first-order valence-corrected chi connectivity index (χ1v) is 10.5. The van der Waals surface area contributed by atoms with Crippen LogP contribution in [0, 0.1) is 24.1 Å². The number of aliphatic carboxylic acids is 1. The first-order chi connectivity index (χ1) is 17.5. The molecule has 0 aliphatic rings. The zero-order chi connectivity index (χ0) is 26.7. The summed E-state index contributed by atoms with van der Waals surface area (Å²) in [5.41, 5.74) is 0.518. The van der Waals surface area contributed by atoms with Gasteiger partial charge in [0.1, 0.15) is 5.82 Å². The molecule has 4 rings (SSSR count). The number of benzene rings is 2. The van der Waals surface area contributed by atoms with Gasteiger partial charge in [-0.05, 0) is 54.5 Å². The zero-order valence-electron chi connectivity index (χ0n) is 19.0. The second kappa shape index (κ2) is 9.90. The van der Waals surface area contributed by atoms with Crippen molar-refractivity contribution >= 4 is 23.7 Å². The molecular formula is C25H16F4N6O2. The quantitative estimate of drug-likeness (QED) is 0.261. The zero-order valence-corrected chi connectivity index (χ0v) is 19.0. The maximum absolute atomic E-state index is 13.9. The van der Waals surface area contributed by atoms with Crippen LogP contribution in [0.25, 0.3) is 23.0 Å². The number of carboxylic acid groups (broad SMARTS) is 1. The lowest BCUT2D eigenvalue weighted by Crippen LogP contribution is -2.10. The molecule has 4 aromatic rings. The van der Waals surface area contributed by atoms with Crippen molar-refractivity contribution in [3.8, 4) is 23.0 Å². The third-order valence-corrected chi connectivity index (χ3v) is 5.05. The molecule has 0 atom stereocenters. The summed E-state index contributed by atoms with van der Waals surface area (Å²) < 4.78 is 55.0. The lowest BCUT2D eigenvalue weighted by atomic mass is 10.0. The molecule has 2 aromatic heterocycles. The van der Waals surface area contributed by atoms with Crippen molar-refractivity contribution in [1.29, 1.82) is 5.26 Å². The molecule has 0 spiro atoms. The van der Waals surface area contributed by atoms with Crippen LogP contribution in [0.2, 0.25) is 0 Å². The van der Waals surface area contributed by atoms with Crippen LogP contribution in [-0.2, 0) is 11.0 Å². The highest BCUT2D eigenvalue weighted by Crippen LogP contribution is 2.32. The van der Waals surface area contributed by atoms with E-state index >= 15 is 0 Å². The lowest BCUT2D eigenvalue weighted by Gasteiger charge is -2.13. The van der Waals surface area contributed by atoms with E-state index < -0.39 is 23.7 Å². The molecule has 0 amide bonds. The summed E-state index contributed by atoms with van der Waals surface area (Å²) in [4.78, 5) is 19.4. The summed E-state index contributed by atoms with van der Waals surface area (Å²) >= 11 is 0. The molecule has 0 aliphatic carbocycles. The number of rotatable bonds is 6. The Bertz CT molecular complexity index is 1570. The Morgan fingerprint density at radius 1 is 1.19 bits per heavy atom. The average Bonchev–Trinajstić information content (AvgIpc) is 3.24. The summed E-state index contributed by atoms with van der Waals surface area (Å²) in [5.74, 6) is -1.92. The number of hydrogen-bond donors (Lipinski definition) is 2. The van der Waals surface area contributed by atoms with E-state index in [1.54, 1.807) is 24.3 Å². The topological polar surface area (TPSA) is 117 Å². The Hall–Kier alpha value is -5.05. The standard InChI is InChI=1S/C25H16F4N6O2/c1-14-7-21(25(27,28)29)34-35(14)23-20(17-4-2-3-15(8-17)5-6-22(36)37)13-31-24(33-23)32-19-10-16(12-30)9-18(26)11-19/h2-11,13H,1H3,(H,36,37)(H,31,32,33)/b6-5+. The van der Waals surface area contributed by atoms with Gasteiger partial charge in [-0.1, -0.05) is 18.2 Å². The van der Waals surface area contributed by atoms with E-state index in [1.807, 2.05) is 6.07 Å². The van der Waals surface area contributed by atoms with Crippen LogP contribution in [0.1, 0.15) is 22.5 Å². The molecule has 2 heterocycles. The summed E-state index contributed by atoms with van der Waals surface area (Å²) in [6.45, 7) is 1.43. The molecule has 12 heteroatoms. The summed E-state index contributed by atoms with van der Waals surface area (Å²) in [7, 11) is 0. The second-order valence-electron chi connectivity index (χ2n) is 7.77.